The summed E-state index contributed by atoms with van der Waals surface area (Å²) in [7, 11) is -3.02. The molecule has 5 heteroatoms. The predicted molar refractivity (Wildman–Crippen MR) is 78.9 cm³/mol. The van der Waals surface area contributed by atoms with E-state index in [4.69, 9.17) is 5.73 Å². The first-order valence-electron chi connectivity index (χ1n) is 7.54. The van der Waals surface area contributed by atoms with E-state index in [1.54, 1.807) is 0 Å². The van der Waals surface area contributed by atoms with Crippen molar-refractivity contribution >= 4 is 9.84 Å². The number of hydrogen-bond acceptors (Lipinski definition) is 4. The zero-order valence-corrected chi connectivity index (χ0v) is 13.1. The van der Waals surface area contributed by atoms with E-state index in [2.05, 4.69) is 11.8 Å². The van der Waals surface area contributed by atoms with Crippen molar-refractivity contribution in [2.24, 2.45) is 11.7 Å². The summed E-state index contributed by atoms with van der Waals surface area (Å²) in [4.78, 5) is 2.41. The maximum atomic E-state index is 12.1. The Morgan fingerprint density at radius 2 is 1.95 bits per heavy atom. The summed E-state index contributed by atoms with van der Waals surface area (Å²) in [6.45, 7) is 4.78. The zero-order chi connectivity index (χ0) is 14.1. The molecule has 2 fully saturated rings. The van der Waals surface area contributed by atoms with Crippen molar-refractivity contribution in [1.82, 2.24) is 4.90 Å². The van der Waals surface area contributed by atoms with Gasteiger partial charge in [0.05, 0.1) is 5.25 Å². The average molecular weight is 288 g/mol. The van der Waals surface area contributed by atoms with Crippen LogP contribution in [0.5, 0.6) is 0 Å². The predicted octanol–water partition coefficient (Wildman–Crippen LogP) is 1.40. The van der Waals surface area contributed by atoms with Gasteiger partial charge >= 0.3 is 0 Å². The number of hydrogen-bond donors (Lipinski definition) is 1. The Labute approximate surface area is 117 Å². The van der Waals surface area contributed by atoms with E-state index >= 15 is 0 Å². The van der Waals surface area contributed by atoms with E-state index in [9.17, 15) is 8.42 Å². The summed E-state index contributed by atoms with van der Waals surface area (Å²) >= 11 is 0. The molecule has 1 aliphatic carbocycles. The molecule has 2 rings (SSSR count). The highest BCUT2D eigenvalue weighted by Gasteiger charge is 2.50. The molecule has 2 N–H and O–H groups in total. The minimum Gasteiger partial charge on any atom is -0.329 e. The van der Waals surface area contributed by atoms with Crippen molar-refractivity contribution in [2.45, 2.75) is 56.2 Å². The van der Waals surface area contributed by atoms with E-state index in [0.29, 0.717) is 6.54 Å². The average Bonchev–Trinajstić information content (AvgIpc) is 2.67. The lowest BCUT2D eigenvalue weighted by Crippen LogP contribution is -2.60. The first-order chi connectivity index (χ1) is 8.90. The van der Waals surface area contributed by atoms with Crippen molar-refractivity contribution in [3.8, 4) is 0 Å². The minimum absolute atomic E-state index is 0.265. The van der Waals surface area contributed by atoms with Crippen LogP contribution in [-0.2, 0) is 9.84 Å². The van der Waals surface area contributed by atoms with Crippen LogP contribution in [0.2, 0.25) is 0 Å². The van der Waals surface area contributed by atoms with Crippen LogP contribution in [0.3, 0.4) is 0 Å². The van der Waals surface area contributed by atoms with Crippen molar-refractivity contribution in [3.05, 3.63) is 0 Å². The first kappa shape index (κ1) is 15.3. The highest BCUT2D eigenvalue weighted by molar-refractivity contribution is 7.91. The fraction of sp³-hybridized carbons (Fsp3) is 1.00. The van der Waals surface area contributed by atoms with Gasteiger partial charge in [-0.15, -0.1) is 0 Å². The summed E-state index contributed by atoms with van der Waals surface area (Å²) in [5.41, 5.74) is 5.77. The van der Waals surface area contributed by atoms with Gasteiger partial charge in [-0.25, -0.2) is 8.42 Å². The van der Waals surface area contributed by atoms with Gasteiger partial charge in [0.15, 0.2) is 9.84 Å². The zero-order valence-electron chi connectivity index (χ0n) is 12.3. The third-order valence-electron chi connectivity index (χ3n) is 5.19. The van der Waals surface area contributed by atoms with E-state index in [1.165, 1.54) is 19.1 Å². The SMILES string of the molecule is CC1CCCN(C2(CN)CCCC2S(C)(=O)=O)CC1. The monoisotopic (exact) mass is 288 g/mol. The molecule has 0 bridgehead atoms. The standard InChI is InChI=1S/C14H28N2O2S/c1-12-5-4-9-16(10-7-12)14(11-15)8-3-6-13(14)19(2,17)18/h12-13H,3-11,15H2,1-2H3. The maximum Gasteiger partial charge on any atom is 0.152 e. The van der Waals surface area contributed by atoms with Gasteiger partial charge in [0.25, 0.3) is 0 Å². The molecular formula is C14H28N2O2S. The molecule has 19 heavy (non-hydrogen) atoms. The Morgan fingerprint density at radius 1 is 1.21 bits per heavy atom. The molecule has 0 aromatic heterocycles. The Bertz CT molecular complexity index is 410. The lowest BCUT2D eigenvalue weighted by atomic mass is 9.94. The molecule has 4 nitrogen and oxygen atoms in total. The van der Waals surface area contributed by atoms with Gasteiger partial charge in [-0.05, 0) is 51.1 Å². The summed E-state index contributed by atoms with van der Waals surface area (Å²) in [5, 5.41) is -0.265. The Balaban J connectivity index is 2.26. The third kappa shape index (κ3) is 2.98. The lowest BCUT2D eigenvalue weighted by Gasteiger charge is -2.44. The van der Waals surface area contributed by atoms with Crippen molar-refractivity contribution < 1.29 is 8.42 Å². The number of nitrogens with zero attached hydrogens (tertiary/aromatic N) is 1. The van der Waals surface area contributed by atoms with Crippen LogP contribution >= 0.6 is 0 Å². The van der Waals surface area contributed by atoms with Crippen LogP contribution < -0.4 is 5.73 Å². The molecule has 1 saturated carbocycles. The van der Waals surface area contributed by atoms with Crippen LogP contribution in [0.4, 0.5) is 0 Å². The van der Waals surface area contributed by atoms with Crippen LogP contribution in [-0.4, -0.2) is 50.0 Å². The molecule has 112 valence electrons. The van der Waals surface area contributed by atoms with Crippen molar-refractivity contribution in [3.63, 3.8) is 0 Å². The van der Waals surface area contributed by atoms with Gasteiger partial charge in [0, 0.05) is 18.3 Å². The normalized spacial score (nSPS) is 38.3. The number of sulfone groups is 1. The van der Waals surface area contributed by atoms with Crippen molar-refractivity contribution in [1.29, 1.82) is 0 Å². The Kier molecular flexibility index (Phi) is 4.58. The lowest BCUT2D eigenvalue weighted by molar-refractivity contribution is 0.105. The van der Waals surface area contributed by atoms with Crippen LogP contribution in [0.25, 0.3) is 0 Å². The van der Waals surface area contributed by atoms with E-state index in [-0.39, 0.29) is 10.8 Å². The number of nitrogens with two attached hydrogens (primary N) is 1. The molecule has 3 unspecified atom stereocenters. The van der Waals surface area contributed by atoms with Gasteiger partial charge in [0.1, 0.15) is 0 Å². The van der Waals surface area contributed by atoms with E-state index < -0.39 is 9.84 Å². The smallest absolute Gasteiger partial charge is 0.152 e. The van der Waals surface area contributed by atoms with Gasteiger partial charge < -0.3 is 5.73 Å². The molecule has 0 radical (unpaired) electrons. The number of likely N-dealkylation sites (tertiary alicyclic amines) is 1. The highest BCUT2D eigenvalue weighted by atomic mass is 32.2. The second kappa shape index (κ2) is 5.70. The summed E-state index contributed by atoms with van der Waals surface area (Å²) in [5.74, 6) is 0.748. The van der Waals surface area contributed by atoms with Crippen LogP contribution in [0.1, 0.15) is 45.4 Å². The van der Waals surface area contributed by atoms with Crippen LogP contribution in [0.15, 0.2) is 0 Å². The van der Waals surface area contributed by atoms with Gasteiger partial charge in [-0.3, -0.25) is 4.90 Å². The second-order valence-electron chi connectivity index (χ2n) is 6.54. The topological polar surface area (TPSA) is 63.4 Å². The molecule has 3 atom stereocenters. The quantitative estimate of drug-likeness (QED) is 0.853. The molecule has 0 aromatic carbocycles. The molecule has 0 amide bonds. The molecule has 1 saturated heterocycles. The fourth-order valence-corrected chi connectivity index (χ4v) is 5.82. The second-order valence-corrected chi connectivity index (χ2v) is 8.77. The summed E-state index contributed by atoms with van der Waals surface area (Å²) < 4.78 is 24.2. The third-order valence-corrected chi connectivity index (χ3v) is 6.90. The molecule has 1 heterocycles. The summed E-state index contributed by atoms with van der Waals surface area (Å²) in [6, 6.07) is 0. The number of rotatable bonds is 3. The molecule has 2 aliphatic rings. The highest BCUT2D eigenvalue weighted by Crippen LogP contribution is 2.40. The van der Waals surface area contributed by atoms with Crippen molar-refractivity contribution in [2.75, 3.05) is 25.9 Å². The van der Waals surface area contributed by atoms with E-state index in [1.807, 2.05) is 0 Å². The Hall–Kier alpha value is -0.130. The van der Waals surface area contributed by atoms with Gasteiger partial charge in [0.2, 0.25) is 0 Å². The van der Waals surface area contributed by atoms with Gasteiger partial charge in [-0.1, -0.05) is 13.3 Å². The molecule has 0 spiro atoms. The molecule has 1 aliphatic heterocycles. The van der Waals surface area contributed by atoms with Gasteiger partial charge in [-0.2, -0.15) is 0 Å². The fourth-order valence-electron chi connectivity index (χ4n) is 4.07. The summed E-state index contributed by atoms with van der Waals surface area (Å²) in [6.07, 6.45) is 7.67. The maximum absolute atomic E-state index is 12.1. The molecular weight excluding hydrogens is 260 g/mol. The molecule has 0 aromatic rings. The minimum atomic E-state index is -3.02. The van der Waals surface area contributed by atoms with E-state index in [0.717, 1.165) is 44.7 Å². The Morgan fingerprint density at radius 3 is 2.58 bits per heavy atom. The van der Waals surface area contributed by atoms with Crippen LogP contribution in [0, 0.1) is 5.92 Å². The first-order valence-corrected chi connectivity index (χ1v) is 9.49. The largest absolute Gasteiger partial charge is 0.329 e.